The number of hydrogen-bond acceptors (Lipinski definition) is 8. The van der Waals surface area contributed by atoms with Gasteiger partial charge in [-0.1, -0.05) is 44.2 Å². The molecular weight excluding hydrogens is 450 g/mol. The van der Waals surface area contributed by atoms with Crippen LogP contribution in [0.3, 0.4) is 0 Å². The molecule has 4 rings (SSSR count). The predicted molar refractivity (Wildman–Crippen MR) is 140 cm³/mol. The zero-order chi connectivity index (χ0) is 23.9. The van der Waals surface area contributed by atoms with E-state index >= 15 is 0 Å². The zero-order valence-electron chi connectivity index (χ0n) is 20.7. The maximum Gasteiger partial charge on any atom is 0.233 e. The number of aromatic nitrogens is 3. The summed E-state index contributed by atoms with van der Waals surface area (Å²) in [4.78, 5) is 19.1. The summed E-state index contributed by atoms with van der Waals surface area (Å²) < 4.78 is 5.28. The van der Waals surface area contributed by atoms with Crippen LogP contribution in [0.15, 0.2) is 18.2 Å². The van der Waals surface area contributed by atoms with Crippen LogP contribution in [0.5, 0.6) is 5.75 Å². The molecule has 1 aliphatic carbocycles. The monoisotopic (exact) mass is 487 g/mol. The van der Waals surface area contributed by atoms with Crippen LogP contribution in [-0.2, 0) is 0 Å². The Morgan fingerprint density at radius 1 is 1.03 bits per heavy atom. The number of ether oxygens (including phenoxy) is 1. The van der Waals surface area contributed by atoms with E-state index in [1.165, 1.54) is 38.5 Å². The second-order valence-electron chi connectivity index (χ2n) is 9.31. The SMILES string of the molecule is CCN1CCCCC1N(C)c1nc(Nc2ccc(OC)c(Cl)c2)nc(NC2CCCCCC2)n1. The molecule has 0 radical (unpaired) electrons. The minimum Gasteiger partial charge on any atom is -0.495 e. The fourth-order valence-electron chi connectivity index (χ4n) is 5.04. The van der Waals surface area contributed by atoms with E-state index < -0.39 is 0 Å². The number of anilines is 4. The van der Waals surface area contributed by atoms with Gasteiger partial charge in [-0.15, -0.1) is 0 Å². The van der Waals surface area contributed by atoms with Crippen LogP contribution in [0.4, 0.5) is 23.5 Å². The molecule has 186 valence electrons. The number of nitrogens with one attached hydrogen (secondary N) is 2. The van der Waals surface area contributed by atoms with Gasteiger partial charge in [-0.25, -0.2) is 0 Å². The molecule has 1 aliphatic heterocycles. The van der Waals surface area contributed by atoms with Gasteiger partial charge < -0.3 is 20.3 Å². The van der Waals surface area contributed by atoms with Gasteiger partial charge in [0.1, 0.15) is 5.75 Å². The quantitative estimate of drug-likeness (QED) is 0.460. The Kier molecular flexibility index (Phi) is 8.67. The maximum atomic E-state index is 6.34. The molecule has 9 heteroatoms. The Morgan fingerprint density at radius 3 is 2.47 bits per heavy atom. The summed E-state index contributed by atoms with van der Waals surface area (Å²) in [6.45, 7) is 4.35. The van der Waals surface area contributed by atoms with Gasteiger partial charge in [-0.05, 0) is 56.8 Å². The zero-order valence-corrected chi connectivity index (χ0v) is 21.4. The summed E-state index contributed by atoms with van der Waals surface area (Å²) in [6.07, 6.45) is 11.3. The van der Waals surface area contributed by atoms with Crippen LogP contribution < -0.4 is 20.3 Å². The third-order valence-electron chi connectivity index (χ3n) is 6.97. The highest BCUT2D eigenvalue weighted by Crippen LogP contribution is 2.30. The lowest BCUT2D eigenvalue weighted by Gasteiger charge is -2.40. The molecule has 8 nitrogen and oxygen atoms in total. The number of halogens is 1. The predicted octanol–water partition coefficient (Wildman–Crippen LogP) is 5.68. The standard InChI is InChI=1S/C25H38ClN7O/c1-4-33-16-10-9-13-22(33)32(2)25-30-23(27-18-11-7-5-6-8-12-18)29-24(31-25)28-19-14-15-21(34-3)20(26)17-19/h14-15,17-18,22H,4-13,16H2,1-3H3,(H2,27,28,29,30,31). The Bertz CT molecular complexity index is 935. The van der Waals surface area contributed by atoms with E-state index in [2.05, 4.69) is 34.4 Å². The molecule has 1 saturated heterocycles. The highest BCUT2D eigenvalue weighted by Gasteiger charge is 2.27. The van der Waals surface area contributed by atoms with Crippen LogP contribution in [0.1, 0.15) is 64.7 Å². The van der Waals surface area contributed by atoms with E-state index in [0.29, 0.717) is 34.7 Å². The minimum absolute atomic E-state index is 0.287. The molecule has 2 fully saturated rings. The van der Waals surface area contributed by atoms with Crippen LogP contribution in [0.2, 0.25) is 5.02 Å². The largest absolute Gasteiger partial charge is 0.495 e. The second-order valence-corrected chi connectivity index (χ2v) is 9.71. The van der Waals surface area contributed by atoms with E-state index in [4.69, 9.17) is 31.3 Å². The van der Waals surface area contributed by atoms with Crippen molar-refractivity contribution >= 4 is 35.1 Å². The number of rotatable bonds is 8. The molecule has 1 atom stereocenters. The lowest BCUT2D eigenvalue weighted by molar-refractivity contribution is 0.154. The number of benzene rings is 1. The number of methoxy groups -OCH3 is 1. The van der Waals surface area contributed by atoms with E-state index in [1.54, 1.807) is 7.11 Å². The van der Waals surface area contributed by atoms with Crippen LogP contribution in [-0.4, -0.2) is 59.3 Å². The number of hydrogen-bond donors (Lipinski definition) is 2. The molecule has 2 heterocycles. The minimum atomic E-state index is 0.287. The smallest absolute Gasteiger partial charge is 0.233 e. The molecule has 0 spiro atoms. The van der Waals surface area contributed by atoms with Crippen molar-refractivity contribution < 1.29 is 4.74 Å². The Hall–Kier alpha value is -2.32. The topological polar surface area (TPSA) is 78.4 Å². The highest BCUT2D eigenvalue weighted by atomic mass is 35.5. The fraction of sp³-hybridized carbons (Fsp3) is 0.640. The number of piperidine rings is 1. The number of likely N-dealkylation sites (tertiary alicyclic amines) is 1. The Balaban J connectivity index is 1.61. The molecule has 0 amide bonds. The molecule has 0 bridgehead atoms. The summed E-state index contributed by atoms with van der Waals surface area (Å²) in [5.41, 5.74) is 0.805. The summed E-state index contributed by atoms with van der Waals surface area (Å²) in [5, 5.41) is 7.48. The molecular formula is C25H38ClN7O. The van der Waals surface area contributed by atoms with Crippen molar-refractivity contribution in [3.05, 3.63) is 23.2 Å². The van der Waals surface area contributed by atoms with Gasteiger partial charge in [0.2, 0.25) is 17.8 Å². The van der Waals surface area contributed by atoms with Gasteiger partial charge in [0, 0.05) is 25.3 Å². The first-order valence-corrected chi connectivity index (χ1v) is 13.0. The van der Waals surface area contributed by atoms with Crippen molar-refractivity contribution in [2.75, 3.05) is 42.8 Å². The summed E-state index contributed by atoms with van der Waals surface area (Å²) >= 11 is 6.34. The molecule has 2 aliphatic rings. The fourth-order valence-corrected chi connectivity index (χ4v) is 5.29. The van der Waals surface area contributed by atoms with E-state index in [0.717, 1.165) is 38.0 Å². The molecule has 2 aromatic rings. The average molecular weight is 488 g/mol. The average Bonchev–Trinajstić information content (AvgIpc) is 3.12. The highest BCUT2D eigenvalue weighted by molar-refractivity contribution is 6.32. The van der Waals surface area contributed by atoms with Crippen LogP contribution >= 0.6 is 11.6 Å². The van der Waals surface area contributed by atoms with E-state index in [-0.39, 0.29) is 6.17 Å². The summed E-state index contributed by atoms with van der Waals surface area (Å²) in [6, 6.07) is 5.97. The van der Waals surface area contributed by atoms with Crippen LogP contribution in [0, 0.1) is 0 Å². The molecule has 1 saturated carbocycles. The lowest BCUT2D eigenvalue weighted by atomic mass is 10.1. The molecule has 1 aromatic carbocycles. The molecule has 1 unspecified atom stereocenters. The van der Waals surface area contributed by atoms with Crippen molar-refractivity contribution in [1.29, 1.82) is 0 Å². The normalized spacial score (nSPS) is 19.9. The van der Waals surface area contributed by atoms with Gasteiger partial charge in [-0.2, -0.15) is 15.0 Å². The third-order valence-corrected chi connectivity index (χ3v) is 7.26. The van der Waals surface area contributed by atoms with E-state index in [9.17, 15) is 0 Å². The van der Waals surface area contributed by atoms with Gasteiger partial charge >= 0.3 is 0 Å². The van der Waals surface area contributed by atoms with Crippen molar-refractivity contribution in [3.63, 3.8) is 0 Å². The van der Waals surface area contributed by atoms with Crippen molar-refractivity contribution in [2.24, 2.45) is 0 Å². The number of nitrogens with zero attached hydrogens (tertiary/aromatic N) is 5. The first kappa shape index (κ1) is 24.8. The lowest BCUT2D eigenvalue weighted by Crippen LogP contribution is -2.50. The van der Waals surface area contributed by atoms with Crippen LogP contribution in [0.25, 0.3) is 0 Å². The molecule has 2 N–H and O–H groups in total. The third kappa shape index (κ3) is 6.21. The van der Waals surface area contributed by atoms with E-state index in [1.807, 2.05) is 18.2 Å². The van der Waals surface area contributed by atoms with Crippen molar-refractivity contribution in [1.82, 2.24) is 19.9 Å². The maximum absolute atomic E-state index is 6.34. The van der Waals surface area contributed by atoms with Crippen molar-refractivity contribution in [2.45, 2.75) is 76.9 Å². The van der Waals surface area contributed by atoms with Gasteiger partial charge in [0.05, 0.1) is 18.3 Å². The molecule has 34 heavy (non-hydrogen) atoms. The van der Waals surface area contributed by atoms with Crippen molar-refractivity contribution in [3.8, 4) is 5.75 Å². The van der Waals surface area contributed by atoms with Gasteiger partial charge in [0.25, 0.3) is 0 Å². The van der Waals surface area contributed by atoms with Gasteiger partial charge in [-0.3, -0.25) is 4.90 Å². The summed E-state index contributed by atoms with van der Waals surface area (Å²) in [5.74, 6) is 2.45. The summed E-state index contributed by atoms with van der Waals surface area (Å²) in [7, 11) is 3.70. The Morgan fingerprint density at radius 2 is 1.76 bits per heavy atom. The first-order valence-electron chi connectivity index (χ1n) is 12.7. The second kappa shape index (κ2) is 11.9. The van der Waals surface area contributed by atoms with Gasteiger partial charge in [0.15, 0.2) is 0 Å². The Labute approximate surface area is 208 Å². The first-order chi connectivity index (χ1) is 16.6. The molecule has 1 aromatic heterocycles.